The molecule has 2 fully saturated rings. The van der Waals surface area contributed by atoms with E-state index in [0.717, 1.165) is 16.7 Å². The Bertz CT molecular complexity index is 1600. The van der Waals surface area contributed by atoms with Gasteiger partial charge in [-0.2, -0.15) is 18.4 Å². The summed E-state index contributed by atoms with van der Waals surface area (Å²) in [5.41, 5.74) is -2.07. The molecule has 1 aromatic carbocycles. The monoisotopic (exact) mass is 571 g/mol. The van der Waals surface area contributed by atoms with Crippen LogP contribution in [-0.4, -0.2) is 40.7 Å². The van der Waals surface area contributed by atoms with E-state index in [2.05, 4.69) is 9.97 Å². The van der Waals surface area contributed by atoms with E-state index >= 15 is 0 Å². The Labute approximate surface area is 227 Å². The van der Waals surface area contributed by atoms with Crippen molar-refractivity contribution in [3.8, 4) is 6.07 Å². The molecular weight excluding hydrogens is 551 g/mol. The van der Waals surface area contributed by atoms with Crippen LogP contribution in [0.25, 0.3) is 0 Å². The van der Waals surface area contributed by atoms with Crippen molar-refractivity contribution in [1.29, 1.82) is 5.26 Å². The van der Waals surface area contributed by atoms with Crippen LogP contribution >= 0.6 is 12.2 Å². The zero-order valence-electron chi connectivity index (χ0n) is 20.2. The second-order valence-corrected chi connectivity index (χ2v) is 11.7. The molecule has 2 aliphatic rings. The van der Waals surface area contributed by atoms with Crippen molar-refractivity contribution in [2.24, 2.45) is 0 Å². The first kappa shape index (κ1) is 26.7. The number of aromatic nitrogens is 2. The normalized spacial score (nSPS) is 16.9. The Morgan fingerprint density at radius 2 is 1.74 bits per heavy atom. The Balaban J connectivity index is 1.45. The smallest absolute Gasteiger partial charge is 0.303 e. The fourth-order valence-corrected chi connectivity index (χ4v) is 6.57. The van der Waals surface area contributed by atoms with Crippen LogP contribution in [0.1, 0.15) is 36.1 Å². The molecule has 0 atom stereocenters. The number of nitrogens with zero attached hydrogens (tertiary/aromatic N) is 5. The van der Waals surface area contributed by atoms with Crippen LogP contribution in [0.15, 0.2) is 66.0 Å². The van der Waals surface area contributed by atoms with Gasteiger partial charge in [0.1, 0.15) is 11.6 Å². The minimum Gasteiger partial charge on any atom is -0.303 e. The zero-order valence-corrected chi connectivity index (χ0v) is 21.9. The van der Waals surface area contributed by atoms with E-state index in [1.807, 2.05) is 0 Å². The number of sulfone groups is 1. The number of halogens is 3. The van der Waals surface area contributed by atoms with Crippen molar-refractivity contribution < 1.29 is 26.4 Å². The molecule has 5 rings (SSSR count). The molecular formula is C26H20F3N5O3S2. The quantitative estimate of drug-likeness (QED) is 0.400. The third-order valence-electron chi connectivity index (χ3n) is 7.00. The predicted molar refractivity (Wildman–Crippen MR) is 140 cm³/mol. The standard InChI is InChI=1S/C26H20F3N5O3S2/c27-26(28,29)21-14-19(16-32-22(21)15-30)33-23(35)25(9-1-10-25)34(24(33)38)18-2-4-20(5-3-18)39(36,37)13-8-17-6-11-31-12-7-17/h2-7,11-12,14,16H,1,8-10,13H2. The van der Waals surface area contributed by atoms with Gasteiger partial charge in [0.15, 0.2) is 20.6 Å². The van der Waals surface area contributed by atoms with Crippen molar-refractivity contribution in [3.63, 3.8) is 0 Å². The number of benzene rings is 1. The molecule has 0 radical (unpaired) electrons. The van der Waals surface area contributed by atoms with Gasteiger partial charge < -0.3 is 4.90 Å². The molecule has 1 saturated carbocycles. The van der Waals surface area contributed by atoms with Gasteiger partial charge in [0.05, 0.1) is 28.1 Å². The molecule has 3 aromatic rings. The van der Waals surface area contributed by atoms with Gasteiger partial charge in [-0.15, -0.1) is 0 Å². The highest BCUT2D eigenvalue weighted by atomic mass is 32.2. The van der Waals surface area contributed by atoms with Crippen LogP contribution in [-0.2, 0) is 27.2 Å². The molecule has 13 heteroatoms. The number of hydrogen-bond donors (Lipinski definition) is 0. The topological polar surface area (TPSA) is 107 Å². The van der Waals surface area contributed by atoms with Gasteiger partial charge in [-0.3, -0.25) is 14.7 Å². The van der Waals surface area contributed by atoms with Crippen LogP contribution in [0.5, 0.6) is 0 Å². The lowest BCUT2D eigenvalue weighted by Gasteiger charge is -2.43. The highest BCUT2D eigenvalue weighted by Crippen LogP contribution is 2.48. The Morgan fingerprint density at radius 3 is 2.31 bits per heavy atom. The lowest BCUT2D eigenvalue weighted by molar-refractivity contribution is -0.138. The number of alkyl halides is 3. The summed E-state index contributed by atoms with van der Waals surface area (Å²) in [4.78, 5) is 23.8. The van der Waals surface area contributed by atoms with E-state index in [0.29, 0.717) is 37.4 Å². The summed E-state index contributed by atoms with van der Waals surface area (Å²) in [7, 11) is -3.61. The van der Waals surface area contributed by atoms with E-state index in [9.17, 15) is 26.4 Å². The molecule has 200 valence electrons. The van der Waals surface area contributed by atoms with Crippen molar-refractivity contribution in [2.75, 3.05) is 15.6 Å². The highest BCUT2D eigenvalue weighted by Gasteiger charge is 2.59. The van der Waals surface area contributed by atoms with Crippen LogP contribution in [0, 0.1) is 11.3 Å². The number of carbonyl (C=O) groups is 1. The summed E-state index contributed by atoms with van der Waals surface area (Å²) in [5, 5.41) is 9.01. The van der Waals surface area contributed by atoms with E-state index in [4.69, 9.17) is 17.5 Å². The lowest BCUT2D eigenvalue weighted by atomic mass is 9.75. The number of rotatable bonds is 6. The first-order chi connectivity index (χ1) is 18.5. The van der Waals surface area contributed by atoms with Crippen molar-refractivity contribution >= 4 is 44.4 Å². The van der Waals surface area contributed by atoms with E-state index in [1.54, 1.807) is 41.6 Å². The van der Waals surface area contributed by atoms with Gasteiger partial charge in [0, 0.05) is 18.1 Å². The van der Waals surface area contributed by atoms with Gasteiger partial charge in [-0.05, 0) is 85.9 Å². The second-order valence-electron chi connectivity index (χ2n) is 9.26. The third kappa shape index (κ3) is 4.63. The molecule has 1 aliphatic carbocycles. The maximum atomic E-state index is 13.6. The minimum atomic E-state index is -4.86. The summed E-state index contributed by atoms with van der Waals surface area (Å²) in [5.74, 6) is -0.602. The van der Waals surface area contributed by atoms with Gasteiger partial charge >= 0.3 is 6.18 Å². The van der Waals surface area contributed by atoms with Crippen LogP contribution in [0.4, 0.5) is 24.5 Å². The highest BCUT2D eigenvalue weighted by molar-refractivity contribution is 7.91. The second kappa shape index (κ2) is 9.69. The largest absolute Gasteiger partial charge is 0.419 e. The molecule has 1 amide bonds. The Hall–Kier alpha value is -3.89. The summed E-state index contributed by atoms with van der Waals surface area (Å²) < 4.78 is 66.5. The lowest BCUT2D eigenvalue weighted by Crippen LogP contribution is -2.55. The molecule has 2 aromatic heterocycles. The maximum Gasteiger partial charge on any atom is 0.419 e. The van der Waals surface area contributed by atoms with Crippen molar-refractivity contribution in [3.05, 3.63) is 77.9 Å². The number of pyridine rings is 2. The molecule has 39 heavy (non-hydrogen) atoms. The minimum absolute atomic E-state index is 0.0485. The number of anilines is 2. The van der Waals surface area contributed by atoms with Crippen LogP contribution in [0.3, 0.4) is 0 Å². The van der Waals surface area contributed by atoms with Gasteiger partial charge in [-0.1, -0.05) is 0 Å². The molecule has 0 unspecified atom stereocenters. The average Bonchev–Trinajstić information content (AvgIpc) is 3.14. The zero-order chi connectivity index (χ0) is 28.0. The summed E-state index contributed by atoms with van der Waals surface area (Å²) in [6.07, 6.45) is 1.21. The van der Waals surface area contributed by atoms with E-state index in [-0.39, 0.29) is 21.4 Å². The number of carbonyl (C=O) groups excluding carboxylic acids is 1. The summed E-state index contributed by atoms with van der Waals surface area (Å²) in [6, 6.07) is 11.6. The summed E-state index contributed by atoms with van der Waals surface area (Å²) >= 11 is 5.59. The molecule has 8 nitrogen and oxygen atoms in total. The fourth-order valence-electron chi connectivity index (χ4n) is 4.81. The number of aryl methyl sites for hydroxylation is 1. The average molecular weight is 572 g/mol. The van der Waals surface area contributed by atoms with Crippen LogP contribution < -0.4 is 9.80 Å². The van der Waals surface area contributed by atoms with Gasteiger partial charge in [0.25, 0.3) is 5.91 Å². The molecule has 0 N–H and O–H groups in total. The fraction of sp³-hybridized carbons (Fsp3) is 0.269. The first-order valence-corrected chi connectivity index (χ1v) is 13.9. The summed E-state index contributed by atoms with van der Waals surface area (Å²) in [6.45, 7) is 0. The third-order valence-corrected chi connectivity index (χ3v) is 9.10. The van der Waals surface area contributed by atoms with E-state index < -0.39 is 38.7 Å². The maximum absolute atomic E-state index is 13.6. The first-order valence-electron chi connectivity index (χ1n) is 11.9. The van der Waals surface area contributed by atoms with Crippen LogP contribution in [0.2, 0.25) is 0 Å². The van der Waals surface area contributed by atoms with Crippen molar-refractivity contribution in [2.45, 2.75) is 42.3 Å². The molecule has 1 spiro atoms. The molecule has 3 heterocycles. The number of hydrogen-bond acceptors (Lipinski definition) is 7. The van der Waals surface area contributed by atoms with E-state index in [1.165, 1.54) is 18.2 Å². The Kier molecular flexibility index (Phi) is 6.64. The number of amides is 1. The van der Waals surface area contributed by atoms with Crippen molar-refractivity contribution in [1.82, 2.24) is 9.97 Å². The molecule has 0 bridgehead atoms. The number of nitriles is 1. The molecule has 1 aliphatic heterocycles. The molecule has 1 saturated heterocycles. The predicted octanol–water partition coefficient (Wildman–Crippen LogP) is 4.44. The number of thiocarbonyl (C=S) groups is 1. The van der Waals surface area contributed by atoms with Gasteiger partial charge in [0.2, 0.25) is 0 Å². The SMILES string of the molecule is N#Cc1ncc(N2C(=O)C3(CCC3)N(c3ccc(S(=O)(=O)CCc4ccncc4)cc3)C2=S)cc1C(F)(F)F. The Morgan fingerprint density at radius 1 is 1.08 bits per heavy atom. The van der Waals surface area contributed by atoms with Gasteiger partial charge in [-0.25, -0.2) is 13.4 Å².